The number of alkyl halides is 1. The van der Waals surface area contributed by atoms with Gasteiger partial charge in [0.25, 0.3) is 5.88 Å². The average Bonchev–Trinajstić information content (AvgIpc) is 2.89. The van der Waals surface area contributed by atoms with E-state index < -0.39 is 0 Å². The number of aromatic nitrogens is 1. The van der Waals surface area contributed by atoms with E-state index in [1.165, 1.54) is 0 Å². The predicted octanol–water partition coefficient (Wildman–Crippen LogP) is 4.01. The molecule has 0 saturated carbocycles. The summed E-state index contributed by atoms with van der Waals surface area (Å²) in [6, 6.07) is 9.80. The van der Waals surface area contributed by atoms with Crippen molar-refractivity contribution in [2.24, 2.45) is 11.7 Å². The molecule has 0 saturated heterocycles. The van der Waals surface area contributed by atoms with Crippen molar-refractivity contribution in [3.63, 3.8) is 0 Å². The summed E-state index contributed by atoms with van der Waals surface area (Å²) < 4.78 is 11.1. The van der Waals surface area contributed by atoms with E-state index >= 15 is 0 Å². The van der Waals surface area contributed by atoms with Crippen LogP contribution in [0.2, 0.25) is 0 Å². The fourth-order valence-electron chi connectivity index (χ4n) is 2.15. The van der Waals surface area contributed by atoms with E-state index in [1.807, 2.05) is 30.3 Å². The minimum atomic E-state index is -0.209. The molecule has 0 bridgehead atoms. The molecule has 2 N–H and O–H groups in total. The number of ether oxygens (including phenoxy) is 1. The number of nitrogens with zero attached hydrogens (tertiary/aromatic N) is 1. The first-order chi connectivity index (χ1) is 10.1. The van der Waals surface area contributed by atoms with Gasteiger partial charge in [0, 0.05) is 12.1 Å². The lowest BCUT2D eigenvalue weighted by atomic mass is 10.00. The molecule has 0 aliphatic heterocycles. The quantitative estimate of drug-likeness (QED) is 0.785. The molecule has 0 fully saturated rings. The largest absolute Gasteiger partial charge is 0.474 e. The normalized spacial score (nSPS) is 12.6. The Morgan fingerprint density at radius 1 is 1.29 bits per heavy atom. The lowest BCUT2D eigenvalue weighted by Crippen LogP contribution is -2.12. The molecular weight excluding hydrogens is 288 g/mol. The zero-order chi connectivity index (χ0) is 15.2. The third-order valence-electron chi connectivity index (χ3n) is 3.08. The molecule has 2 aromatic rings. The van der Waals surface area contributed by atoms with Crippen LogP contribution in [0, 0.1) is 5.92 Å². The van der Waals surface area contributed by atoms with Crippen LogP contribution in [0.25, 0.3) is 11.3 Å². The van der Waals surface area contributed by atoms with Crippen molar-refractivity contribution < 1.29 is 9.26 Å². The Morgan fingerprint density at radius 3 is 2.62 bits per heavy atom. The van der Waals surface area contributed by atoms with Crippen LogP contribution >= 0.6 is 11.6 Å². The van der Waals surface area contributed by atoms with Gasteiger partial charge in [0.05, 0.1) is 10.9 Å². The zero-order valence-electron chi connectivity index (χ0n) is 12.4. The number of hydrogen-bond acceptors (Lipinski definition) is 4. The molecule has 4 nitrogen and oxygen atoms in total. The first kappa shape index (κ1) is 15.9. The molecular formula is C16H21ClN2O2. The second-order valence-electron chi connectivity index (χ2n) is 5.33. The van der Waals surface area contributed by atoms with Crippen molar-refractivity contribution >= 4 is 11.6 Å². The maximum atomic E-state index is 6.57. The molecule has 5 heteroatoms. The first-order valence-corrected chi connectivity index (χ1v) is 7.59. The van der Waals surface area contributed by atoms with Crippen LogP contribution in [0.3, 0.4) is 0 Å². The second-order valence-corrected chi connectivity index (χ2v) is 5.86. The number of benzene rings is 1. The van der Waals surface area contributed by atoms with Crippen LogP contribution < -0.4 is 10.5 Å². The van der Waals surface area contributed by atoms with Gasteiger partial charge in [-0.1, -0.05) is 44.2 Å². The summed E-state index contributed by atoms with van der Waals surface area (Å²) in [7, 11) is 0. The highest BCUT2D eigenvalue weighted by molar-refractivity contribution is 6.21. The lowest BCUT2D eigenvalue weighted by molar-refractivity contribution is 0.286. The Morgan fingerprint density at radius 2 is 2.00 bits per heavy atom. The summed E-state index contributed by atoms with van der Waals surface area (Å²) in [6.07, 6.45) is 0.821. The molecule has 1 atom stereocenters. The van der Waals surface area contributed by atoms with E-state index in [1.54, 1.807) is 0 Å². The van der Waals surface area contributed by atoms with E-state index in [0.717, 1.165) is 17.5 Å². The van der Waals surface area contributed by atoms with Crippen molar-refractivity contribution in [1.82, 2.24) is 5.16 Å². The van der Waals surface area contributed by atoms with Crippen LogP contribution in [-0.4, -0.2) is 18.3 Å². The number of hydrogen-bond donors (Lipinski definition) is 1. The van der Waals surface area contributed by atoms with Crippen LogP contribution in [0.4, 0.5) is 0 Å². The van der Waals surface area contributed by atoms with Crippen LogP contribution in [-0.2, 0) is 0 Å². The third-order valence-corrected chi connectivity index (χ3v) is 3.48. The van der Waals surface area contributed by atoms with Gasteiger partial charge in [0.15, 0.2) is 5.76 Å². The van der Waals surface area contributed by atoms with Gasteiger partial charge in [-0.3, -0.25) is 0 Å². The van der Waals surface area contributed by atoms with Gasteiger partial charge >= 0.3 is 0 Å². The van der Waals surface area contributed by atoms with Crippen molar-refractivity contribution in [2.45, 2.75) is 25.6 Å². The Bertz CT molecular complexity index is 555. The summed E-state index contributed by atoms with van der Waals surface area (Å²) in [5, 5.41) is 3.81. The lowest BCUT2D eigenvalue weighted by Gasteiger charge is -2.13. The van der Waals surface area contributed by atoms with Gasteiger partial charge in [-0.25, -0.2) is 0 Å². The van der Waals surface area contributed by atoms with E-state index in [4.69, 9.17) is 26.6 Å². The molecule has 0 aliphatic carbocycles. The molecule has 0 radical (unpaired) electrons. The molecule has 1 unspecified atom stereocenters. The molecule has 0 spiro atoms. The van der Waals surface area contributed by atoms with Crippen LogP contribution in [0.15, 0.2) is 34.9 Å². The Labute approximate surface area is 130 Å². The Balaban J connectivity index is 2.38. The predicted molar refractivity (Wildman–Crippen MR) is 84.5 cm³/mol. The highest BCUT2D eigenvalue weighted by Gasteiger charge is 2.26. The monoisotopic (exact) mass is 308 g/mol. The molecule has 114 valence electrons. The average molecular weight is 309 g/mol. The number of rotatable bonds is 7. The Hall–Kier alpha value is -1.52. The summed E-state index contributed by atoms with van der Waals surface area (Å²) >= 11 is 6.57. The molecule has 21 heavy (non-hydrogen) atoms. The molecule has 1 aromatic heterocycles. The van der Waals surface area contributed by atoms with Crippen molar-refractivity contribution in [1.29, 1.82) is 0 Å². The summed E-state index contributed by atoms with van der Waals surface area (Å²) in [5.41, 5.74) is 7.24. The summed E-state index contributed by atoms with van der Waals surface area (Å²) in [4.78, 5) is 0. The number of nitrogens with two attached hydrogens (primary N) is 1. The topological polar surface area (TPSA) is 61.3 Å². The number of halogens is 1. The van der Waals surface area contributed by atoms with Crippen molar-refractivity contribution in [2.75, 3.05) is 13.2 Å². The first-order valence-electron chi connectivity index (χ1n) is 7.15. The van der Waals surface area contributed by atoms with Gasteiger partial charge in [-0.2, -0.15) is 0 Å². The van der Waals surface area contributed by atoms with Gasteiger partial charge in [0.1, 0.15) is 6.61 Å². The highest BCUT2D eigenvalue weighted by Crippen LogP contribution is 2.41. The van der Waals surface area contributed by atoms with Gasteiger partial charge in [-0.15, -0.1) is 11.6 Å². The molecule has 0 amide bonds. The molecule has 0 aliphatic rings. The standard InChI is InChI=1S/C16H21ClN2O2/c1-11(2)10-13(17)14-15(12-6-4-3-5-7-12)21-19-16(14)20-9-8-18/h3-7,11,13H,8-10,18H2,1-2H3. The van der Waals surface area contributed by atoms with E-state index in [0.29, 0.717) is 30.7 Å². The third kappa shape index (κ3) is 3.99. The second kappa shape index (κ2) is 7.48. The van der Waals surface area contributed by atoms with Crippen LogP contribution in [0.1, 0.15) is 31.2 Å². The maximum absolute atomic E-state index is 6.57. The van der Waals surface area contributed by atoms with Gasteiger partial charge in [0.2, 0.25) is 0 Å². The van der Waals surface area contributed by atoms with Crippen molar-refractivity contribution in [3.05, 3.63) is 35.9 Å². The minimum absolute atomic E-state index is 0.209. The van der Waals surface area contributed by atoms with Gasteiger partial charge in [-0.05, 0) is 17.5 Å². The fourth-order valence-corrected chi connectivity index (χ4v) is 2.70. The van der Waals surface area contributed by atoms with Crippen molar-refractivity contribution in [3.8, 4) is 17.2 Å². The molecule has 1 heterocycles. The van der Waals surface area contributed by atoms with E-state index in [9.17, 15) is 0 Å². The summed E-state index contributed by atoms with van der Waals surface area (Å²) in [6.45, 7) is 5.07. The highest BCUT2D eigenvalue weighted by atomic mass is 35.5. The smallest absolute Gasteiger partial charge is 0.259 e. The zero-order valence-corrected chi connectivity index (χ0v) is 13.1. The maximum Gasteiger partial charge on any atom is 0.259 e. The van der Waals surface area contributed by atoms with E-state index in [-0.39, 0.29) is 5.38 Å². The fraction of sp³-hybridized carbons (Fsp3) is 0.438. The Kier molecular flexibility index (Phi) is 5.65. The summed E-state index contributed by atoms with van der Waals surface area (Å²) in [5.74, 6) is 1.58. The molecule has 2 rings (SSSR count). The SMILES string of the molecule is CC(C)CC(Cl)c1c(OCCN)noc1-c1ccccc1. The van der Waals surface area contributed by atoms with E-state index in [2.05, 4.69) is 19.0 Å². The van der Waals surface area contributed by atoms with Gasteiger partial charge < -0.3 is 15.0 Å². The minimum Gasteiger partial charge on any atom is -0.474 e. The molecule has 1 aromatic carbocycles. The van der Waals surface area contributed by atoms with Crippen LogP contribution in [0.5, 0.6) is 5.88 Å².